The number of hydrogen-bond donors (Lipinski definition) is 2. The van der Waals surface area contributed by atoms with Crippen LogP contribution in [0.25, 0.3) is 0 Å². The summed E-state index contributed by atoms with van der Waals surface area (Å²) in [5.41, 5.74) is 7.87. The van der Waals surface area contributed by atoms with E-state index in [-0.39, 0.29) is 23.8 Å². The SMILES string of the molecule is Cc1nn(C)c(C)c1NC(=O)[C@H](C)N1CCC(C(N)=O)CC1. The average molecular weight is 307 g/mol. The van der Waals surface area contributed by atoms with E-state index in [1.165, 1.54) is 0 Å². The summed E-state index contributed by atoms with van der Waals surface area (Å²) in [6.45, 7) is 7.13. The summed E-state index contributed by atoms with van der Waals surface area (Å²) in [6.07, 6.45) is 1.44. The van der Waals surface area contributed by atoms with Gasteiger partial charge in [0.15, 0.2) is 0 Å². The molecule has 0 radical (unpaired) electrons. The maximum Gasteiger partial charge on any atom is 0.241 e. The van der Waals surface area contributed by atoms with Crippen molar-refractivity contribution < 1.29 is 9.59 Å². The van der Waals surface area contributed by atoms with Crippen molar-refractivity contribution in [1.82, 2.24) is 14.7 Å². The number of nitrogens with two attached hydrogens (primary N) is 1. The molecule has 0 bridgehead atoms. The zero-order valence-electron chi connectivity index (χ0n) is 13.7. The fourth-order valence-electron chi connectivity index (χ4n) is 2.92. The number of likely N-dealkylation sites (tertiary alicyclic amines) is 1. The van der Waals surface area contributed by atoms with Gasteiger partial charge in [-0.25, -0.2) is 0 Å². The Kier molecular flexibility index (Phi) is 4.85. The van der Waals surface area contributed by atoms with E-state index in [9.17, 15) is 9.59 Å². The molecule has 2 rings (SSSR count). The van der Waals surface area contributed by atoms with Gasteiger partial charge in [-0.15, -0.1) is 0 Å². The average Bonchev–Trinajstić information content (AvgIpc) is 2.73. The van der Waals surface area contributed by atoms with Crippen molar-refractivity contribution in [3.63, 3.8) is 0 Å². The Morgan fingerprint density at radius 2 is 1.91 bits per heavy atom. The summed E-state index contributed by atoms with van der Waals surface area (Å²) in [5, 5.41) is 7.28. The first-order valence-corrected chi connectivity index (χ1v) is 7.65. The molecule has 0 unspecified atom stereocenters. The topological polar surface area (TPSA) is 93.2 Å². The summed E-state index contributed by atoms with van der Waals surface area (Å²) in [5.74, 6) is -0.343. The zero-order chi connectivity index (χ0) is 16.4. The molecule has 0 spiro atoms. The molecule has 122 valence electrons. The van der Waals surface area contributed by atoms with Crippen LogP contribution in [-0.4, -0.2) is 45.6 Å². The van der Waals surface area contributed by atoms with Gasteiger partial charge in [0.05, 0.1) is 23.1 Å². The number of aryl methyl sites for hydroxylation is 2. The predicted octanol–water partition coefficient (Wildman–Crippen LogP) is 0.561. The normalized spacial score (nSPS) is 18.2. The van der Waals surface area contributed by atoms with Crippen LogP contribution in [0.2, 0.25) is 0 Å². The molecule has 2 amide bonds. The Hall–Kier alpha value is -1.89. The van der Waals surface area contributed by atoms with Crippen molar-refractivity contribution in [3.8, 4) is 0 Å². The number of rotatable bonds is 4. The highest BCUT2D eigenvalue weighted by Crippen LogP contribution is 2.21. The molecular formula is C15H25N5O2. The summed E-state index contributed by atoms with van der Waals surface area (Å²) in [7, 11) is 1.86. The fourth-order valence-corrected chi connectivity index (χ4v) is 2.92. The van der Waals surface area contributed by atoms with Crippen LogP contribution in [0, 0.1) is 19.8 Å². The fraction of sp³-hybridized carbons (Fsp3) is 0.667. The second-order valence-corrected chi connectivity index (χ2v) is 6.05. The summed E-state index contributed by atoms with van der Waals surface area (Å²) >= 11 is 0. The van der Waals surface area contributed by atoms with Crippen LogP contribution in [0.4, 0.5) is 5.69 Å². The van der Waals surface area contributed by atoms with Crippen molar-refractivity contribution in [2.24, 2.45) is 18.7 Å². The van der Waals surface area contributed by atoms with E-state index in [4.69, 9.17) is 5.73 Å². The third-order valence-electron chi connectivity index (χ3n) is 4.62. The van der Waals surface area contributed by atoms with Gasteiger partial charge in [0.1, 0.15) is 0 Å². The number of carbonyl (C=O) groups is 2. The van der Waals surface area contributed by atoms with Crippen LogP contribution in [0.3, 0.4) is 0 Å². The second-order valence-electron chi connectivity index (χ2n) is 6.05. The molecule has 7 heteroatoms. The smallest absolute Gasteiger partial charge is 0.241 e. The number of anilines is 1. The minimum atomic E-state index is -0.243. The van der Waals surface area contributed by atoms with Gasteiger partial charge in [0.25, 0.3) is 0 Å². The molecule has 3 N–H and O–H groups in total. The number of amides is 2. The highest BCUT2D eigenvalue weighted by atomic mass is 16.2. The van der Waals surface area contributed by atoms with Gasteiger partial charge < -0.3 is 11.1 Å². The van der Waals surface area contributed by atoms with Crippen molar-refractivity contribution >= 4 is 17.5 Å². The first kappa shape index (κ1) is 16.5. The number of primary amides is 1. The van der Waals surface area contributed by atoms with E-state index in [1.54, 1.807) is 4.68 Å². The van der Waals surface area contributed by atoms with E-state index in [2.05, 4.69) is 15.3 Å². The van der Waals surface area contributed by atoms with Gasteiger partial charge >= 0.3 is 0 Å². The highest BCUT2D eigenvalue weighted by Gasteiger charge is 2.29. The summed E-state index contributed by atoms with van der Waals surface area (Å²) < 4.78 is 1.76. The minimum Gasteiger partial charge on any atom is -0.369 e. The minimum absolute atomic E-state index is 0.0447. The number of nitrogens with one attached hydrogen (secondary N) is 1. The molecule has 0 aromatic carbocycles. The van der Waals surface area contributed by atoms with Crippen LogP contribution in [0.15, 0.2) is 0 Å². The van der Waals surface area contributed by atoms with Crippen molar-refractivity contribution in [1.29, 1.82) is 0 Å². The number of hydrogen-bond acceptors (Lipinski definition) is 4. The lowest BCUT2D eigenvalue weighted by Crippen LogP contribution is -2.47. The Balaban J connectivity index is 1.97. The van der Waals surface area contributed by atoms with Crippen LogP contribution in [-0.2, 0) is 16.6 Å². The van der Waals surface area contributed by atoms with Crippen molar-refractivity contribution in [3.05, 3.63) is 11.4 Å². The molecule has 0 saturated carbocycles. The standard InChI is InChI=1S/C15H25N5O2/c1-9-13(10(2)19(4)18-9)17-15(22)11(3)20-7-5-12(6-8-20)14(16)21/h11-12H,5-8H2,1-4H3,(H2,16,21)(H,17,22)/t11-/m0/s1. The summed E-state index contributed by atoms with van der Waals surface area (Å²) in [6, 6.07) is -0.243. The second kappa shape index (κ2) is 6.48. The lowest BCUT2D eigenvalue weighted by molar-refractivity contribution is -0.124. The summed E-state index contributed by atoms with van der Waals surface area (Å²) in [4.78, 5) is 25.8. The number of nitrogens with zero attached hydrogens (tertiary/aromatic N) is 3. The van der Waals surface area contributed by atoms with E-state index in [0.717, 1.165) is 29.9 Å². The molecule has 1 saturated heterocycles. The molecule has 1 aliphatic rings. The maximum atomic E-state index is 12.5. The third-order valence-corrected chi connectivity index (χ3v) is 4.62. The molecule has 1 aromatic heterocycles. The van der Waals surface area contributed by atoms with Gasteiger partial charge in [0.2, 0.25) is 11.8 Å². The number of piperidine rings is 1. The van der Waals surface area contributed by atoms with E-state index in [1.807, 2.05) is 27.8 Å². The van der Waals surface area contributed by atoms with Crippen molar-refractivity contribution in [2.75, 3.05) is 18.4 Å². The number of aromatic nitrogens is 2. The Morgan fingerprint density at radius 1 is 1.32 bits per heavy atom. The molecule has 1 atom stereocenters. The van der Waals surface area contributed by atoms with Gasteiger partial charge in [-0.3, -0.25) is 19.2 Å². The highest BCUT2D eigenvalue weighted by molar-refractivity contribution is 5.95. The first-order valence-electron chi connectivity index (χ1n) is 7.65. The third kappa shape index (κ3) is 3.30. The van der Waals surface area contributed by atoms with Gasteiger partial charge in [-0.05, 0) is 46.7 Å². The van der Waals surface area contributed by atoms with Crippen molar-refractivity contribution in [2.45, 2.75) is 39.7 Å². The maximum absolute atomic E-state index is 12.5. The molecule has 22 heavy (non-hydrogen) atoms. The molecule has 1 aliphatic heterocycles. The Bertz CT molecular complexity index is 573. The monoisotopic (exact) mass is 307 g/mol. The Morgan fingerprint density at radius 3 is 2.36 bits per heavy atom. The van der Waals surface area contributed by atoms with Crippen LogP contribution >= 0.6 is 0 Å². The predicted molar refractivity (Wildman–Crippen MR) is 84.3 cm³/mol. The first-order chi connectivity index (χ1) is 10.3. The van der Waals surface area contributed by atoms with Gasteiger partial charge in [-0.1, -0.05) is 0 Å². The largest absolute Gasteiger partial charge is 0.369 e. The molecule has 2 heterocycles. The molecule has 7 nitrogen and oxygen atoms in total. The molecule has 1 fully saturated rings. The van der Waals surface area contributed by atoms with E-state index < -0.39 is 0 Å². The molecule has 0 aliphatic carbocycles. The van der Waals surface area contributed by atoms with E-state index in [0.29, 0.717) is 13.1 Å². The van der Waals surface area contributed by atoms with Gasteiger partial charge in [-0.2, -0.15) is 5.10 Å². The van der Waals surface area contributed by atoms with Crippen LogP contribution < -0.4 is 11.1 Å². The van der Waals surface area contributed by atoms with E-state index >= 15 is 0 Å². The quantitative estimate of drug-likeness (QED) is 0.850. The zero-order valence-corrected chi connectivity index (χ0v) is 13.7. The molecule has 1 aromatic rings. The molecular weight excluding hydrogens is 282 g/mol. The lowest BCUT2D eigenvalue weighted by atomic mass is 9.95. The van der Waals surface area contributed by atoms with Gasteiger partial charge in [0, 0.05) is 13.0 Å². The Labute approximate surface area is 130 Å². The van der Waals surface area contributed by atoms with Crippen LogP contribution in [0.5, 0.6) is 0 Å². The number of carbonyl (C=O) groups excluding carboxylic acids is 2. The lowest BCUT2D eigenvalue weighted by Gasteiger charge is -2.34. The van der Waals surface area contributed by atoms with Crippen LogP contribution in [0.1, 0.15) is 31.2 Å².